The predicted octanol–water partition coefficient (Wildman–Crippen LogP) is 1.95. The first-order valence-electron chi connectivity index (χ1n) is 7.38. The van der Waals surface area contributed by atoms with E-state index in [-0.39, 0.29) is 5.56 Å². The molecule has 0 saturated carbocycles. The lowest BCUT2D eigenvalue weighted by molar-refractivity contribution is 0.569. The summed E-state index contributed by atoms with van der Waals surface area (Å²) in [4.78, 5) is 24.3. The standard InChI is InChI=1S/C17H13BrN4OS/c18-12-4-3-6-14(8-12)21-10-20-17-22(11-21)16(23)15(24-17)9-13-5-1-2-7-19-13/h1-9H,10-11H2/b15-9-. The second-order valence-corrected chi connectivity index (χ2v) is 7.27. The van der Waals surface area contributed by atoms with Gasteiger partial charge in [0.2, 0.25) is 0 Å². The topological polar surface area (TPSA) is 50.5 Å². The van der Waals surface area contributed by atoms with Gasteiger partial charge in [0.1, 0.15) is 13.3 Å². The zero-order valence-electron chi connectivity index (χ0n) is 12.6. The highest BCUT2D eigenvalue weighted by atomic mass is 79.9. The molecule has 0 N–H and O–H groups in total. The summed E-state index contributed by atoms with van der Waals surface area (Å²) >= 11 is 4.89. The maximum atomic E-state index is 12.7. The Hall–Kier alpha value is -2.25. The van der Waals surface area contributed by atoms with Gasteiger partial charge in [-0.15, -0.1) is 0 Å². The Morgan fingerprint density at radius 3 is 2.92 bits per heavy atom. The molecule has 0 bridgehead atoms. The summed E-state index contributed by atoms with van der Waals surface area (Å²) in [6.07, 6.45) is 3.54. The number of hydrogen-bond donors (Lipinski definition) is 0. The second kappa shape index (κ2) is 6.33. The molecule has 0 fully saturated rings. The van der Waals surface area contributed by atoms with Crippen LogP contribution in [0, 0.1) is 0 Å². The fraction of sp³-hybridized carbons (Fsp3) is 0.118. The van der Waals surface area contributed by atoms with Crippen molar-refractivity contribution in [2.45, 2.75) is 6.67 Å². The summed E-state index contributed by atoms with van der Waals surface area (Å²) in [5.41, 5.74) is 1.79. The minimum atomic E-state index is -0.0240. The van der Waals surface area contributed by atoms with Gasteiger partial charge in [-0.05, 0) is 36.4 Å². The van der Waals surface area contributed by atoms with Crippen LogP contribution in [0.15, 0.2) is 62.9 Å². The normalized spacial score (nSPS) is 14.4. The molecule has 7 heteroatoms. The first-order valence-corrected chi connectivity index (χ1v) is 8.99. The van der Waals surface area contributed by atoms with E-state index >= 15 is 0 Å². The molecule has 1 aliphatic heterocycles. The van der Waals surface area contributed by atoms with Crippen LogP contribution in [-0.2, 0) is 6.67 Å². The molecule has 2 aromatic heterocycles. The van der Waals surface area contributed by atoms with Crippen molar-refractivity contribution < 1.29 is 0 Å². The summed E-state index contributed by atoms with van der Waals surface area (Å²) < 4.78 is 3.38. The van der Waals surface area contributed by atoms with Crippen molar-refractivity contribution in [3.63, 3.8) is 0 Å². The molecule has 3 aromatic rings. The second-order valence-electron chi connectivity index (χ2n) is 5.34. The molecule has 0 amide bonds. The molecule has 1 aromatic carbocycles. The summed E-state index contributed by atoms with van der Waals surface area (Å²) in [5, 5.41) is 0. The van der Waals surface area contributed by atoms with E-state index in [0.29, 0.717) is 17.9 Å². The maximum absolute atomic E-state index is 12.7. The van der Waals surface area contributed by atoms with Crippen molar-refractivity contribution in [2.24, 2.45) is 4.99 Å². The van der Waals surface area contributed by atoms with E-state index < -0.39 is 0 Å². The van der Waals surface area contributed by atoms with Gasteiger partial charge >= 0.3 is 0 Å². The lowest BCUT2D eigenvalue weighted by Gasteiger charge is -2.25. The van der Waals surface area contributed by atoms with Crippen LogP contribution < -0.4 is 19.8 Å². The number of fused-ring (bicyclic) bond motifs is 1. The Balaban J connectivity index is 1.73. The van der Waals surface area contributed by atoms with Crippen LogP contribution in [0.3, 0.4) is 0 Å². The smallest absolute Gasteiger partial charge is 0.271 e. The number of thiazole rings is 1. The number of anilines is 1. The zero-order chi connectivity index (χ0) is 16.5. The summed E-state index contributed by atoms with van der Waals surface area (Å²) in [6, 6.07) is 13.6. The first kappa shape index (κ1) is 15.3. The third-order valence-corrected chi connectivity index (χ3v) is 5.25. The minimum absolute atomic E-state index is 0.0240. The highest BCUT2D eigenvalue weighted by Gasteiger charge is 2.16. The van der Waals surface area contributed by atoms with Crippen LogP contribution in [0.4, 0.5) is 5.69 Å². The van der Waals surface area contributed by atoms with Crippen molar-refractivity contribution in [1.82, 2.24) is 9.55 Å². The molecule has 1 aliphatic rings. The summed E-state index contributed by atoms with van der Waals surface area (Å²) in [5.74, 6) is 0. The minimum Gasteiger partial charge on any atom is -0.334 e. The van der Waals surface area contributed by atoms with Crippen LogP contribution in [-0.4, -0.2) is 16.2 Å². The summed E-state index contributed by atoms with van der Waals surface area (Å²) in [6.45, 7) is 1.04. The SMILES string of the molecule is O=c1/c(=C/c2ccccn2)sc2n1CN(c1cccc(Br)c1)CN=2. The van der Waals surface area contributed by atoms with E-state index in [1.165, 1.54) is 11.3 Å². The molecule has 24 heavy (non-hydrogen) atoms. The highest BCUT2D eigenvalue weighted by Crippen LogP contribution is 2.20. The van der Waals surface area contributed by atoms with Gasteiger partial charge in [0, 0.05) is 16.4 Å². The van der Waals surface area contributed by atoms with Crippen molar-refractivity contribution in [3.8, 4) is 0 Å². The molecule has 0 unspecified atom stereocenters. The molecule has 3 heterocycles. The number of pyridine rings is 1. The van der Waals surface area contributed by atoms with Gasteiger partial charge in [-0.3, -0.25) is 14.3 Å². The molecule has 0 saturated heterocycles. The third kappa shape index (κ3) is 2.92. The van der Waals surface area contributed by atoms with E-state index in [1.54, 1.807) is 10.8 Å². The summed E-state index contributed by atoms with van der Waals surface area (Å²) in [7, 11) is 0. The van der Waals surface area contributed by atoms with Crippen LogP contribution in [0.1, 0.15) is 5.69 Å². The molecule has 0 spiro atoms. The van der Waals surface area contributed by atoms with Gasteiger partial charge in [-0.2, -0.15) is 0 Å². The molecule has 0 aliphatic carbocycles. The molecular weight excluding hydrogens is 388 g/mol. The van der Waals surface area contributed by atoms with Crippen LogP contribution in [0.25, 0.3) is 6.08 Å². The van der Waals surface area contributed by atoms with Crippen LogP contribution in [0.5, 0.6) is 0 Å². The van der Waals surface area contributed by atoms with Gasteiger partial charge in [0.25, 0.3) is 5.56 Å². The average Bonchev–Trinajstić information content (AvgIpc) is 2.91. The molecule has 120 valence electrons. The lowest BCUT2D eigenvalue weighted by Crippen LogP contribution is -2.42. The third-order valence-electron chi connectivity index (χ3n) is 3.72. The fourth-order valence-electron chi connectivity index (χ4n) is 2.54. The number of halogens is 1. The van der Waals surface area contributed by atoms with Crippen LogP contribution >= 0.6 is 27.3 Å². The van der Waals surface area contributed by atoms with Gasteiger partial charge in [-0.1, -0.05) is 39.4 Å². The number of rotatable bonds is 2. The Morgan fingerprint density at radius 2 is 2.12 bits per heavy atom. The van der Waals surface area contributed by atoms with Crippen LogP contribution in [0.2, 0.25) is 0 Å². The maximum Gasteiger partial charge on any atom is 0.271 e. The van der Waals surface area contributed by atoms with Crippen molar-refractivity contribution in [3.05, 3.63) is 78.5 Å². The monoisotopic (exact) mass is 400 g/mol. The van der Waals surface area contributed by atoms with Gasteiger partial charge in [-0.25, -0.2) is 4.99 Å². The van der Waals surface area contributed by atoms with Gasteiger partial charge in [0.15, 0.2) is 4.80 Å². The first-order chi connectivity index (χ1) is 11.7. The quantitative estimate of drug-likeness (QED) is 0.660. The Labute approximate surface area is 150 Å². The van der Waals surface area contributed by atoms with E-state index in [2.05, 4.69) is 30.8 Å². The van der Waals surface area contributed by atoms with Gasteiger partial charge in [0.05, 0.1) is 10.2 Å². The highest BCUT2D eigenvalue weighted by molar-refractivity contribution is 9.10. The predicted molar refractivity (Wildman–Crippen MR) is 98.7 cm³/mol. The molecule has 4 rings (SSSR count). The number of nitrogens with zero attached hydrogens (tertiary/aromatic N) is 4. The molecule has 0 radical (unpaired) electrons. The van der Waals surface area contributed by atoms with E-state index in [9.17, 15) is 4.79 Å². The lowest BCUT2D eigenvalue weighted by atomic mass is 10.3. The fourth-order valence-corrected chi connectivity index (χ4v) is 3.88. The number of aromatic nitrogens is 2. The van der Waals surface area contributed by atoms with E-state index in [0.717, 1.165) is 20.7 Å². The van der Waals surface area contributed by atoms with Gasteiger partial charge < -0.3 is 4.90 Å². The Bertz CT molecular complexity index is 1060. The average molecular weight is 401 g/mol. The number of benzene rings is 1. The Kier molecular flexibility index (Phi) is 4.03. The Morgan fingerprint density at radius 1 is 1.21 bits per heavy atom. The largest absolute Gasteiger partial charge is 0.334 e. The molecule has 0 atom stereocenters. The number of hydrogen-bond acceptors (Lipinski definition) is 5. The van der Waals surface area contributed by atoms with Crippen molar-refractivity contribution >= 4 is 39.0 Å². The van der Waals surface area contributed by atoms with Crippen molar-refractivity contribution in [2.75, 3.05) is 11.6 Å². The zero-order valence-corrected chi connectivity index (χ0v) is 15.0. The molecule has 5 nitrogen and oxygen atoms in total. The van der Waals surface area contributed by atoms with Crippen molar-refractivity contribution in [1.29, 1.82) is 0 Å². The molecular formula is C17H13BrN4OS. The van der Waals surface area contributed by atoms with E-state index in [1.807, 2.05) is 48.5 Å². The van der Waals surface area contributed by atoms with E-state index in [4.69, 9.17) is 0 Å².